The first-order valence-corrected chi connectivity index (χ1v) is 46.4. The highest BCUT2D eigenvalue weighted by atomic mass is 19.1. The fourth-order valence-electron chi connectivity index (χ4n) is 16.2. The first-order valence-electron chi connectivity index (χ1n) is 46.4. The number of hydrogen-bond acceptors (Lipinski definition) is 32. The number of nitrogens with zero attached hydrogens (tertiary/aromatic N) is 6. The molecule has 0 unspecified atom stereocenters. The summed E-state index contributed by atoms with van der Waals surface area (Å²) in [6.45, 7) is 5.14. The maximum atomic E-state index is 15.3. The molecule has 12 amide bonds. The summed E-state index contributed by atoms with van der Waals surface area (Å²) in [5.74, 6) is -11.3. The zero-order chi connectivity index (χ0) is 101. The summed E-state index contributed by atoms with van der Waals surface area (Å²) in [6.07, 6.45) is -0.551. The summed E-state index contributed by atoms with van der Waals surface area (Å²) in [5.41, 5.74) is -2.38. The number of carbonyl (C=O) groups excluding carboxylic acids is 14. The Kier molecular flexibility index (Phi) is 40.5. The fourth-order valence-corrected chi connectivity index (χ4v) is 16.2. The van der Waals surface area contributed by atoms with Crippen molar-refractivity contribution in [3.63, 3.8) is 0 Å². The molecule has 0 fully saturated rings. The summed E-state index contributed by atoms with van der Waals surface area (Å²) < 4.78 is 97.7. The van der Waals surface area contributed by atoms with Crippen molar-refractivity contribution in [3.8, 4) is 34.3 Å². The maximum absolute atomic E-state index is 15.3. The number of hydrogen-bond donors (Lipinski definition) is 11. The Morgan fingerprint density at radius 1 is 0.454 bits per heavy atom. The number of aromatic nitrogens is 4. The van der Waals surface area contributed by atoms with Gasteiger partial charge in [0, 0.05) is 168 Å². The number of carbonyl (C=O) groups is 14. The van der Waals surface area contributed by atoms with E-state index in [0.29, 0.717) is 112 Å². The van der Waals surface area contributed by atoms with Crippen LogP contribution in [0.15, 0.2) is 58.1 Å². The van der Waals surface area contributed by atoms with E-state index in [9.17, 15) is 86.9 Å². The number of methoxy groups -OCH3 is 3. The van der Waals surface area contributed by atoms with Crippen molar-refractivity contribution in [2.45, 2.75) is 148 Å². The van der Waals surface area contributed by atoms with Crippen LogP contribution in [-0.2, 0) is 165 Å². The summed E-state index contributed by atoms with van der Waals surface area (Å²) in [7, 11) is 4.12. The molecule has 11 N–H and O–H groups in total. The van der Waals surface area contributed by atoms with Gasteiger partial charge in [0.1, 0.15) is 19.3 Å². The molecule has 45 nitrogen and oxygen atoms in total. The topological polar surface area (TPSA) is 575 Å². The third kappa shape index (κ3) is 28.8. The van der Waals surface area contributed by atoms with Crippen molar-refractivity contribution in [2.24, 2.45) is 0 Å². The second-order valence-electron chi connectivity index (χ2n) is 33.2. The third-order valence-corrected chi connectivity index (χ3v) is 24.0. The number of halogens is 2. The van der Waals surface area contributed by atoms with E-state index in [4.69, 9.17) is 66.8 Å². The molecule has 0 saturated heterocycles. The fraction of sp³-hybridized carbons (Fsp3) is 0.532. The van der Waals surface area contributed by atoms with Gasteiger partial charge in [0.05, 0.1) is 184 Å². The smallest absolute Gasteiger partial charge is 0.343 e. The minimum absolute atomic E-state index is 0.0136. The Morgan fingerprint density at radius 3 is 1.28 bits per heavy atom. The lowest BCUT2D eigenvalue weighted by atomic mass is 9.86. The zero-order valence-corrected chi connectivity index (χ0v) is 79.2. The molecule has 0 aliphatic carbocycles. The van der Waals surface area contributed by atoms with Crippen molar-refractivity contribution < 1.29 is 143 Å². The lowest BCUT2D eigenvalue weighted by Crippen LogP contribution is -2.48. The number of cyclic esters (lactones) is 2. The maximum Gasteiger partial charge on any atom is 0.343 e. The third-order valence-electron chi connectivity index (χ3n) is 24.0. The van der Waals surface area contributed by atoms with Crippen LogP contribution in [0, 0.1) is 11.6 Å². The van der Waals surface area contributed by atoms with Gasteiger partial charge < -0.3 is 129 Å². The van der Waals surface area contributed by atoms with E-state index < -0.39 is 175 Å². The van der Waals surface area contributed by atoms with Crippen molar-refractivity contribution in [1.29, 1.82) is 0 Å². The average molecular weight is 1980 g/mol. The van der Waals surface area contributed by atoms with Gasteiger partial charge in [-0.25, -0.2) is 28.3 Å². The zero-order valence-electron chi connectivity index (χ0n) is 79.2. The molecule has 9 heterocycles. The van der Waals surface area contributed by atoms with E-state index >= 15 is 8.78 Å². The second-order valence-corrected chi connectivity index (χ2v) is 33.2. The summed E-state index contributed by atoms with van der Waals surface area (Å²) in [4.78, 5) is 225. The summed E-state index contributed by atoms with van der Waals surface area (Å²) in [5, 5.41) is 47.3. The van der Waals surface area contributed by atoms with Crippen molar-refractivity contribution in [3.05, 3.63) is 125 Å². The lowest BCUT2D eigenvalue weighted by Gasteiger charge is -2.31. The molecule has 5 aliphatic rings. The molecule has 0 bridgehead atoms. The predicted molar refractivity (Wildman–Crippen MR) is 492 cm³/mol. The molecule has 0 radical (unpaired) electrons. The van der Waals surface area contributed by atoms with Gasteiger partial charge in [-0.2, -0.15) is 0 Å². The normalized spacial score (nSPS) is 15.4. The van der Waals surface area contributed by atoms with Gasteiger partial charge in [-0.1, -0.05) is 13.8 Å². The van der Waals surface area contributed by atoms with Crippen LogP contribution in [0.1, 0.15) is 135 Å². The van der Waals surface area contributed by atoms with Gasteiger partial charge in [0.25, 0.3) is 22.9 Å². The number of pyridine rings is 4. The molecular weight excluding hydrogens is 1860 g/mol. The number of fused-ring (bicyclic) bond motifs is 10. The standard InChI is InChI=1S/C94H119F2N15O30/c1-6-93(128)64-44-71-86-60(52-110(71)89(124)62(64)54-140-91(93)126)58(56-42-73(131-4)66(95)46-69(56)106-86)48-101-81(118)50-103-78(115)16-14-76(113)97-21-25-108(26-22-98-77(114)15-17-79(116)104-51-82(119)102-49-59-57-43-74(132-5)67(96)47-70(57)107-87-61(59)53-111-72(87)45-65-63(90(111)125)55-141-92(127)94(65,129)7-2)83(120)11-8-20-100-88(123)68(105-80(117)10-9-24-109-84(121)18-19-85(109)122)12-13-75(112)99-23-27-133-30-31-135-34-35-137-38-39-139-41-40-138-37-36-136-33-32-134-29-28-130-3/h18-19,42-47,68,128-129H,6-17,20-41,48-55H2,1-5H3,(H,97,113)(H,98,114)(H,99,112)(H,100,123)(H,101,118)(H,102,119)(H,103,115)(H,104,116)(H,105,117)/t68-,93-,94-/m0/s1. The van der Waals surface area contributed by atoms with E-state index in [0.717, 1.165) is 29.2 Å². The highest BCUT2D eigenvalue weighted by Gasteiger charge is 2.48. The first kappa shape index (κ1) is 108. The van der Waals surface area contributed by atoms with Crippen LogP contribution in [0.4, 0.5) is 8.78 Å². The number of benzene rings is 2. The molecule has 3 atom stereocenters. The Morgan fingerprint density at radius 2 is 0.858 bits per heavy atom. The quantitative estimate of drug-likeness (QED) is 0.0128. The summed E-state index contributed by atoms with van der Waals surface area (Å²) in [6, 6.07) is 6.68. The van der Waals surface area contributed by atoms with Crippen LogP contribution in [0.3, 0.4) is 0 Å². The van der Waals surface area contributed by atoms with E-state index in [1.165, 1.54) is 52.5 Å². The SMILES string of the molecule is CC[C@@]1(O)C(=O)OCc2c1cc1n(c2=O)Cc2c-1nc1cc(F)c(OC)cc1c2CNC(=O)CNC(=O)CCC(=O)NCCN(CCNC(=O)CCC(=O)NCC(=O)NCc1c2c(nc3cc(F)c(OC)cc13)-c1cc3c(c(=O)n1C2)COC(=O)[C@]3(O)CC)C(=O)CCCNC(=O)[C@H](CCC(=O)NCCOCCOCCOCCOCCOCCOCCOCCOC)NC(=O)CCCN1C(=O)C=CC1=O. The number of ether oxygens (including phenoxy) is 12. The van der Waals surface area contributed by atoms with E-state index in [-0.39, 0.29) is 211 Å². The minimum atomic E-state index is -2.14. The van der Waals surface area contributed by atoms with Crippen molar-refractivity contribution in [1.82, 2.24) is 76.8 Å². The average Bonchev–Trinajstić information content (AvgIpc) is 1.57. The summed E-state index contributed by atoms with van der Waals surface area (Å²) >= 11 is 0. The van der Waals surface area contributed by atoms with Crippen LogP contribution in [0.2, 0.25) is 0 Å². The molecule has 2 aromatic carbocycles. The number of aliphatic hydroxyl groups is 2. The number of imide groups is 1. The molecule has 764 valence electrons. The van der Waals surface area contributed by atoms with Gasteiger partial charge in [-0.15, -0.1) is 0 Å². The first-order chi connectivity index (χ1) is 67.9. The van der Waals surface area contributed by atoms with E-state index in [2.05, 4.69) is 47.9 Å². The Balaban J connectivity index is 0.650. The van der Waals surface area contributed by atoms with E-state index in [1.54, 1.807) is 21.0 Å². The minimum Gasteiger partial charge on any atom is -0.494 e. The van der Waals surface area contributed by atoms with Gasteiger partial charge in [-0.05, 0) is 67.5 Å². The Labute approximate surface area is 807 Å². The predicted octanol–water partition coefficient (Wildman–Crippen LogP) is -0.700. The van der Waals surface area contributed by atoms with Crippen molar-refractivity contribution >= 4 is 105 Å². The molecule has 0 spiro atoms. The lowest BCUT2D eigenvalue weighted by molar-refractivity contribution is -0.172. The molecule has 4 aromatic heterocycles. The highest BCUT2D eigenvalue weighted by molar-refractivity contribution is 6.13. The molecule has 0 saturated carbocycles. The van der Waals surface area contributed by atoms with Crippen LogP contribution < -0.4 is 68.4 Å². The van der Waals surface area contributed by atoms with Crippen LogP contribution >= 0.6 is 0 Å². The molecular formula is C94H119F2N15O30. The molecule has 47 heteroatoms. The Hall–Kier alpha value is -13.3. The van der Waals surface area contributed by atoms with E-state index in [1.807, 2.05) is 0 Å². The number of rotatable bonds is 61. The van der Waals surface area contributed by atoms with Crippen molar-refractivity contribution in [2.75, 3.05) is 179 Å². The van der Waals surface area contributed by atoms with Gasteiger partial charge in [0.15, 0.2) is 34.3 Å². The Bertz CT molecular complexity index is 5500. The molecule has 141 heavy (non-hydrogen) atoms. The second kappa shape index (κ2) is 52.8. The van der Waals surface area contributed by atoms with Gasteiger partial charge in [0.2, 0.25) is 59.1 Å². The molecule has 11 rings (SSSR count). The largest absolute Gasteiger partial charge is 0.494 e. The van der Waals surface area contributed by atoms with Gasteiger partial charge >= 0.3 is 11.9 Å². The van der Waals surface area contributed by atoms with Crippen LogP contribution in [0.5, 0.6) is 11.5 Å². The van der Waals surface area contributed by atoms with Gasteiger partial charge in [-0.3, -0.25) is 72.0 Å². The molecule has 5 aliphatic heterocycles. The number of amides is 12. The van der Waals surface area contributed by atoms with Crippen LogP contribution in [0.25, 0.3) is 44.6 Å². The monoisotopic (exact) mass is 1980 g/mol. The molecule has 6 aromatic rings. The number of nitrogens with one attached hydrogen (secondary N) is 9. The number of esters is 2. The van der Waals surface area contributed by atoms with Crippen LogP contribution in [-0.4, -0.2) is 307 Å². The highest BCUT2D eigenvalue weighted by Crippen LogP contribution is 2.44.